The molecular weight excluding hydrogens is 340 g/mol. The van der Waals surface area contributed by atoms with Crippen molar-refractivity contribution >= 4 is 17.3 Å². The van der Waals surface area contributed by atoms with Gasteiger partial charge in [-0.3, -0.25) is 4.79 Å². The maximum absolute atomic E-state index is 13.7. The minimum atomic E-state index is -4.60. The van der Waals surface area contributed by atoms with Crippen LogP contribution < -0.4 is 5.32 Å². The van der Waals surface area contributed by atoms with Crippen LogP contribution in [0, 0.1) is 5.82 Å². The van der Waals surface area contributed by atoms with Crippen molar-refractivity contribution in [1.82, 2.24) is 0 Å². The molecule has 4 nitrogen and oxygen atoms in total. The Bertz CT molecular complexity index is 833. The van der Waals surface area contributed by atoms with E-state index in [1.165, 1.54) is 30.3 Å². The lowest BCUT2D eigenvalue weighted by Gasteiger charge is -2.15. The SMILES string of the molecule is O=C(Nc1ccccc1C(F)(F)F)[C@@H]1CC(c2ccccc2F)=NO1. The molecule has 130 valence electrons. The number of alkyl halides is 3. The van der Waals surface area contributed by atoms with E-state index in [1.54, 1.807) is 6.07 Å². The summed E-state index contributed by atoms with van der Waals surface area (Å²) in [5.41, 5.74) is -0.921. The van der Waals surface area contributed by atoms with Gasteiger partial charge in [0.25, 0.3) is 5.91 Å². The normalized spacial score (nSPS) is 17.0. The van der Waals surface area contributed by atoms with Gasteiger partial charge in [0, 0.05) is 12.0 Å². The van der Waals surface area contributed by atoms with Crippen molar-refractivity contribution in [1.29, 1.82) is 0 Å². The number of para-hydroxylation sites is 1. The molecule has 1 atom stereocenters. The fraction of sp³-hybridized carbons (Fsp3) is 0.176. The monoisotopic (exact) mass is 352 g/mol. The number of rotatable bonds is 3. The second kappa shape index (κ2) is 6.54. The minimum absolute atomic E-state index is 0.0407. The molecule has 0 unspecified atom stereocenters. The van der Waals surface area contributed by atoms with E-state index >= 15 is 0 Å². The number of benzene rings is 2. The molecule has 2 aromatic rings. The molecule has 0 radical (unpaired) electrons. The summed E-state index contributed by atoms with van der Waals surface area (Å²) in [5, 5.41) is 5.87. The van der Waals surface area contributed by atoms with Crippen molar-refractivity contribution in [3.05, 3.63) is 65.5 Å². The molecule has 0 bridgehead atoms. The smallest absolute Gasteiger partial charge is 0.382 e. The lowest BCUT2D eigenvalue weighted by atomic mass is 10.0. The number of carbonyl (C=O) groups excluding carboxylic acids is 1. The molecule has 1 aliphatic heterocycles. The van der Waals surface area contributed by atoms with Gasteiger partial charge in [0.2, 0.25) is 6.10 Å². The van der Waals surface area contributed by atoms with Gasteiger partial charge in [0.05, 0.1) is 17.0 Å². The molecular formula is C17H12F4N2O2. The summed E-state index contributed by atoms with van der Waals surface area (Å²) >= 11 is 0. The number of oxime groups is 1. The van der Waals surface area contributed by atoms with Crippen LogP contribution in [0.25, 0.3) is 0 Å². The van der Waals surface area contributed by atoms with E-state index in [1.807, 2.05) is 0 Å². The first-order valence-corrected chi connectivity index (χ1v) is 7.31. The molecule has 8 heteroatoms. The van der Waals surface area contributed by atoms with E-state index in [0.717, 1.165) is 12.1 Å². The largest absolute Gasteiger partial charge is 0.418 e. The molecule has 0 aliphatic carbocycles. The molecule has 0 saturated heterocycles. The topological polar surface area (TPSA) is 50.7 Å². The molecule has 0 aromatic heterocycles. The van der Waals surface area contributed by atoms with E-state index < -0.39 is 29.6 Å². The fourth-order valence-corrected chi connectivity index (χ4v) is 2.42. The summed E-state index contributed by atoms with van der Waals surface area (Å²) in [6.45, 7) is 0. The van der Waals surface area contributed by atoms with Crippen molar-refractivity contribution in [2.45, 2.75) is 18.7 Å². The average Bonchev–Trinajstić information content (AvgIpc) is 3.04. The Labute approximate surface area is 140 Å². The zero-order chi connectivity index (χ0) is 18.0. The lowest BCUT2D eigenvalue weighted by molar-refractivity contribution is -0.137. The molecule has 0 saturated carbocycles. The van der Waals surface area contributed by atoms with Crippen molar-refractivity contribution in [3.8, 4) is 0 Å². The number of amides is 1. The second-order valence-electron chi connectivity index (χ2n) is 5.35. The van der Waals surface area contributed by atoms with Crippen LogP contribution in [0.5, 0.6) is 0 Å². The zero-order valence-electron chi connectivity index (χ0n) is 12.7. The maximum Gasteiger partial charge on any atom is 0.418 e. The molecule has 2 aromatic carbocycles. The number of carbonyl (C=O) groups is 1. The third kappa shape index (κ3) is 3.62. The van der Waals surface area contributed by atoms with Crippen LogP contribution in [-0.2, 0) is 15.8 Å². The van der Waals surface area contributed by atoms with Crippen LogP contribution in [0.15, 0.2) is 53.7 Å². The highest BCUT2D eigenvalue weighted by atomic mass is 19.4. The standard InChI is InChI=1S/C17H12F4N2O2/c18-12-7-3-1-5-10(12)14-9-15(25-23-14)16(24)22-13-8-4-2-6-11(13)17(19,20)21/h1-8,15H,9H2,(H,22,24)/t15-/m0/s1. The van der Waals surface area contributed by atoms with E-state index in [2.05, 4.69) is 10.5 Å². The summed E-state index contributed by atoms with van der Waals surface area (Å²) < 4.78 is 52.6. The molecule has 0 spiro atoms. The van der Waals surface area contributed by atoms with Crippen LogP contribution in [0.2, 0.25) is 0 Å². The van der Waals surface area contributed by atoms with Crippen LogP contribution >= 0.6 is 0 Å². The predicted octanol–water partition coefficient (Wildman–Crippen LogP) is 3.98. The highest BCUT2D eigenvalue weighted by Crippen LogP contribution is 2.34. The van der Waals surface area contributed by atoms with Crippen molar-refractivity contribution in [3.63, 3.8) is 0 Å². The number of halogens is 4. The molecule has 1 aliphatic rings. The quantitative estimate of drug-likeness (QED) is 0.850. The molecule has 1 N–H and O–H groups in total. The van der Waals surface area contributed by atoms with Gasteiger partial charge in [-0.2, -0.15) is 13.2 Å². The first-order chi connectivity index (χ1) is 11.9. The number of hydrogen-bond donors (Lipinski definition) is 1. The first-order valence-electron chi connectivity index (χ1n) is 7.31. The van der Waals surface area contributed by atoms with Gasteiger partial charge >= 0.3 is 6.18 Å². The third-order valence-electron chi connectivity index (χ3n) is 3.64. The van der Waals surface area contributed by atoms with E-state index in [4.69, 9.17) is 4.84 Å². The summed E-state index contributed by atoms with van der Waals surface area (Å²) in [4.78, 5) is 17.1. The number of hydrogen-bond acceptors (Lipinski definition) is 3. The Hall–Kier alpha value is -2.90. The Morgan fingerprint density at radius 3 is 2.52 bits per heavy atom. The highest BCUT2D eigenvalue weighted by molar-refractivity contribution is 6.06. The first kappa shape index (κ1) is 16.9. The zero-order valence-corrected chi connectivity index (χ0v) is 12.7. The Kier molecular flexibility index (Phi) is 4.43. The lowest BCUT2D eigenvalue weighted by Crippen LogP contribution is -2.29. The van der Waals surface area contributed by atoms with Gasteiger partial charge in [0.1, 0.15) is 5.82 Å². The molecule has 1 amide bonds. The van der Waals surface area contributed by atoms with E-state index in [9.17, 15) is 22.4 Å². The van der Waals surface area contributed by atoms with Crippen molar-refractivity contribution in [2.75, 3.05) is 5.32 Å². The predicted molar refractivity (Wildman–Crippen MR) is 82.5 cm³/mol. The van der Waals surface area contributed by atoms with Crippen LogP contribution in [0.4, 0.5) is 23.2 Å². The van der Waals surface area contributed by atoms with Crippen LogP contribution in [-0.4, -0.2) is 17.7 Å². The third-order valence-corrected chi connectivity index (χ3v) is 3.64. The molecule has 3 rings (SSSR count). The summed E-state index contributed by atoms with van der Waals surface area (Å²) in [7, 11) is 0. The number of nitrogens with one attached hydrogen (secondary N) is 1. The highest BCUT2D eigenvalue weighted by Gasteiger charge is 2.35. The molecule has 1 heterocycles. The van der Waals surface area contributed by atoms with Crippen LogP contribution in [0.1, 0.15) is 17.5 Å². The molecule has 0 fully saturated rings. The summed E-state index contributed by atoms with van der Waals surface area (Å²) in [5.74, 6) is -1.31. The van der Waals surface area contributed by atoms with Gasteiger partial charge in [-0.05, 0) is 18.2 Å². The Balaban J connectivity index is 1.72. The van der Waals surface area contributed by atoms with E-state index in [0.29, 0.717) is 0 Å². The van der Waals surface area contributed by atoms with Gasteiger partial charge < -0.3 is 10.2 Å². The Morgan fingerprint density at radius 2 is 1.80 bits per heavy atom. The van der Waals surface area contributed by atoms with Gasteiger partial charge in [-0.25, -0.2) is 4.39 Å². The van der Waals surface area contributed by atoms with Crippen molar-refractivity contribution < 1.29 is 27.2 Å². The fourth-order valence-electron chi connectivity index (χ4n) is 2.42. The minimum Gasteiger partial charge on any atom is -0.382 e. The van der Waals surface area contributed by atoms with E-state index in [-0.39, 0.29) is 23.4 Å². The Morgan fingerprint density at radius 1 is 1.12 bits per heavy atom. The molecule has 25 heavy (non-hydrogen) atoms. The summed E-state index contributed by atoms with van der Waals surface area (Å²) in [6, 6.07) is 10.5. The van der Waals surface area contributed by atoms with Gasteiger partial charge in [-0.1, -0.05) is 35.5 Å². The van der Waals surface area contributed by atoms with Crippen LogP contribution in [0.3, 0.4) is 0 Å². The van der Waals surface area contributed by atoms with Crippen molar-refractivity contribution in [2.24, 2.45) is 5.16 Å². The van der Waals surface area contributed by atoms with Gasteiger partial charge in [-0.15, -0.1) is 0 Å². The average molecular weight is 352 g/mol. The maximum atomic E-state index is 13.7. The number of nitrogens with zero attached hydrogens (tertiary/aromatic N) is 1. The van der Waals surface area contributed by atoms with Gasteiger partial charge in [0.15, 0.2) is 0 Å². The second-order valence-corrected chi connectivity index (χ2v) is 5.35. The number of anilines is 1. The summed E-state index contributed by atoms with van der Waals surface area (Å²) in [6.07, 6.45) is -5.77.